The van der Waals surface area contributed by atoms with Crippen LogP contribution in [-0.4, -0.2) is 30.8 Å². The van der Waals surface area contributed by atoms with Crippen molar-refractivity contribution >= 4 is 23.0 Å². The molecule has 2 aliphatic rings. The molecule has 1 aromatic heterocycles. The first kappa shape index (κ1) is 19.5. The Balaban J connectivity index is 1.37. The van der Waals surface area contributed by atoms with Crippen molar-refractivity contribution in [2.24, 2.45) is 0 Å². The maximum atomic E-state index is 13.2. The number of amides is 1. The SMILES string of the molecule is COc1cccc2cc(/C=C/C(=O)N(Cc3ccc4c(c3)OCO4)C3CCCC3)oc12. The van der Waals surface area contributed by atoms with Crippen molar-refractivity contribution in [1.82, 2.24) is 4.90 Å². The molecule has 0 saturated heterocycles. The largest absolute Gasteiger partial charge is 0.493 e. The van der Waals surface area contributed by atoms with Crippen LogP contribution < -0.4 is 14.2 Å². The normalized spacial score (nSPS) is 15.8. The van der Waals surface area contributed by atoms with Gasteiger partial charge in [-0.05, 0) is 48.7 Å². The van der Waals surface area contributed by atoms with Crippen molar-refractivity contribution in [3.05, 3.63) is 59.9 Å². The molecule has 0 bridgehead atoms. The summed E-state index contributed by atoms with van der Waals surface area (Å²) in [4.78, 5) is 15.2. The highest BCUT2D eigenvalue weighted by Crippen LogP contribution is 2.34. The molecule has 1 amide bonds. The smallest absolute Gasteiger partial charge is 0.247 e. The molecular formula is C25H25NO5. The van der Waals surface area contributed by atoms with E-state index < -0.39 is 0 Å². The Bertz CT molecular complexity index is 1130. The number of carbonyl (C=O) groups excluding carboxylic acids is 1. The quantitative estimate of drug-likeness (QED) is 0.517. The van der Waals surface area contributed by atoms with E-state index in [0.717, 1.165) is 48.1 Å². The van der Waals surface area contributed by atoms with Crippen molar-refractivity contribution in [2.75, 3.05) is 13.9 Å². The number of benzene rings is 2. The van der Waals surface area contributed by atoms with Crippen LogP contribution in [0.25, 0.3) is 17.0 Å². The van der Waals surface area contributed by atoms with E-state index in [1.807, 2.05) is 47.4 Å². The van der Waals surface area contributed by atoms with E-state index in [-0.39, 0.29) is 18.7 Å². The van der Waals surface area contributed by atoms with Crippen LogP contribution in [0.1, 0.15) is 37.0 Å². The third kappa shape index (κ3) is 3.98. The van der Waals surface area contributed by atoms with Gasteiger partial charge in [-0.2, -0.15) is 0 Å². The summed E-state index contributed by atoms with van der Waals surface area (Å²) in [6.07, 6.45) is 7.72. The van der Waals surface area contributed by atoms with Gasteiger partial charge in [-0.25, -0.2) is 0 Å². The van der Waals surface area contributed by atoms with Crippen molar-refractivity contribution in [2.45, 2.75) is 38.3 Å². The number of hydrogen-bond donors (Lipinski definition) is 0. The molecule has 2 heterocycles. The lowest BCUT2D eigenvalue weighted by atomic mass is 10.1. The molecule has 160 valence electrons. The van der Waals surface area contributed by atoms with E-state index in [4.69, 9.17) is 18.6 Å². The maximum Gasteiger partial charge on any atom is 0.247 e. The number of methoxy groups -OCH3 is 1. The average Bonchev–Trinajstić information content (AvgIpc) is 3.55. The average molecular weight is 419 g/mol. The third-order valence-corrected chi connectivity index (χ3v) is 5.98. The summed E-state index contributed by atoms with van der Waals surface area (Å²) >= 11 is 0. The van der Waals surface area contributed by atoms with Crippen LogP contribution >= 0.6 is 0 Å². The Morgan fingerprint density at radius 3 is 2.81 bits per heavy atom. The van der Waals surface area contributed by atoms with E-state index in [1.54, 1.807) is 19.3 Å². The first-order valence-electron chi connectivity index (χ1n) is 10.6. The van der Waals surface area contributed by atoms with E-state index in [2.05, 4.69) is 0 Å². The molecule has 31 heavy (non-hydrogen) atoms. The van der Waals surface area contributed by atoms with Crippen LogP contribution in [-0.2, 0) is 11.3 Å². The van der Waals surface area contributed by atoms with Crippen molar-refractivity contribution < 1.29 is 23.4 Å². The van der Waals surface area contributed by atoms with Gasteiger partial charge in [-0.15, -0.1) is 0 Å². The summed E-state index contributed by atoms with van der Waals surface area (Å²) in [7, 11) is 1.62. The molecule has 1 fully saturated rings. The van der Waals surface area contributed by atoms with E-state index >= 15 is 0 Å². The molecular weight excluding hydrogens is 394 g/mol. The number of furan rings is 1. The van der Waals surface area contributed by atoms with Gasteiger partial charge in [0.1, 0.15) is 5.76 Å². The highest BCUT2D eigenvalue weighted by molar-refractivity contribution is 5.93. The number of rotatable bonds is 6. The number of ether oxygens (including phenoxy) is 3. The molecule has 2 aromatic carbocycles. The van der Waals surface area contributed by atoms with Gasteiger partial charge in [0.15, 0.2) is 22.8 Å². The number of fused-ring (bicyclic) bond motifs is 2. The number of hydrogen-bond acceptors (Lipinski definition) is 5. The Morgan fingerprint density at radius 2 is 1.97 bits per heavy atom. The van der Waals surface area contributed by atoms with Crippen molar-refractivity contribution in [3.63, 3.8) is 0 Å². The second-order valence-corrected chi connectivity index (χ2v) is 7.95. The summed E-state index contributed by atoms with van der Waals surface area (Å²) in [6.45, 7) is 0.785. The lowest BCUT2D eigenvalue weighted by Gasteiger charge is -2.28. The summed E-state index contributed by atoms with van der Waals surface area (Å²) < 4.78 is 22.2. The molecule has 6 heteroatoms. The molecule has 6 nitrogen and oxygen atoms in total. The van der Waals surface area contributed by atoms with Crippen LogP contribution in [0.15, 0.2) is 53.0 Å². The first-order chi connectivity index (χ1) is 15.2. The van der Waals surface area contributed by atoms with Gasteiger partial charge >= 0.3 is 0 Å². The molecule has 0 unspecified atom stereocenters. The standard InChI is InChI=1S/C25H25NO5/c1-28-22-8-4-5-18-14-20(31-25(18)22)10-12-24(27)26(19-6-2-3-7-19)15-17-9-11-21-23(13-17)30-16-29-21/h4-5,8-14,19H,2-3,6-7,15-16H2,1H3/b12-10+. The van der Waals surface area contributed by atoms with Gasteiger partial charge < -0.3 is 23.5 Å². The van der Waals surface area contributed by atoms with Crippen LogP contribution in [0.2, 0.25) is 0 Å². The van der Waals surface area contributed by atoms with Gasteiger partial charge in [0.25, 0.3) is 0 Å². The van der Waals surface area contributed by atoms with Crippen molar-refractivity contribution in [3.8, 4) is 17.2 Å². The van der Waals surface area contributed by atoms with Crippen LogP contribution in [0, 0.1) is 0 Å². The Labute approximate surface area is 181 Å². The van der Waals surface area contributed by atoms with Crippen LogP contribution in [0.3, 0.4) is 0 Å². The van der Waals surface area contributed by atoms with Gasteiger partial charge in [0, 0.05) is 24.0 Å². The minimum Gasteiger partial charge on any atom is -0.493 e. The fraction of sp³-hybridized carbons (Fsp3) is 0.320. The topological polar surface area (TPSA) is 61.1 Å². The summed E-state index contributed by atoms with van der Waals surface area (Å²) in [5.74, 6) is 2.78. The third-order valence-electron chi connectivity index (χ3n) is 5.98. The Hall–Kier alpha value is -3.41. The second-order valence-electron chi connectivity index (χ2n) is 7.95. The molecule has 1 saturated carbocycles. The Morgan fingerprint density at radius 1 is 1.13 bits per heavy atom. The molecule has 5 rings (SSSR count). The monoisotopic (exact) mass is 419 g/mol. The summed E-state index contributed by atoms with van der Waals surface area (Å²) in [5, 5.41) is 0.944. The highest BCUT2D eigenvalue weighted by atomic mass is 16.7. The second kappa shape index (κ2) is 8.38. The highest BCUT2D eigenvalue weighted by Gasteiger charge is 2.26. The van der Waals surface area contributed by atoms with Gasteiger partial charge in [-0.3, -0.25) is 4.79 Å². The zero-order chi connectivity index (χ0) is 21.2. The fourth-order valence-corrected chi connectivity index (χ4v) is 4.39. The molecule has 0 spiro atoms. The van der Waals surface area contributed by atoms with E-state index in [0.29, 0.717) is 23.6 Å². The van der Waals surface area contributed by atoms with Gasteiger partial charge in [-0.1, -0.05) is 31.0 Å². The lowest BCUT2D eigenvalue weighted by Crippen LogP contribution is -2.37. The number of para-hydroxylation sites is 1. The fourth-order valence-electron chi connectivity index (χ4n) is 4.39. The molecule has 1 aliphatic heterocycles. The van der Waals surface area contributed by atoms with E-state index in [1.165, 1.54) is 0 Å². The minimum absolute atomic E-state index is 0.0167. The first-order valence-corrected chi connectivity index (χ1v) is 10.6. The molecule has 0 N–H and O–H groups in total. The lowest BCUT2D eigenvalue weighted by molar-refractivity contribution is -0.128. The molecule has 0 radical (unpaired) electrons. The molecule has 3 aromatic rings. The zero-order valence-electron chi connectivity index (χ0n) is 17.5. The molecule has 1 aliphatic carbocycles. The van der Waals surface area contributed by atoms with Crippen molar-refractivity contribution in [1.29, 1.82) is 0 Å². The predicted octanol–water partition coefficient (Wildman–Crippen LogP) is 5.15. The van der Waals surface area contributed by atoms with Gasteiger partial charge in [0.05, 0.1) is 7.11 Å². The zero-order valence-corrected chi connectivity index (χ0v) is 17.5. The number of nitrogens with zero attached hydrogens (tertiary/aromatic N) is 1. The maximum absolute atomic E-state index is 13.2. The van der Waals surface area contributed by atoms with E-state index in [9.17, 15) is 4.79 Å². The van der Waals surface area contributed by atoms with Crippen LogP contribution in [0.5, 0.6) is 17.2 Å². The Kier molecular flexibility index (Phi) is 5.28. The number of carbonyl (C=O) groups is 1. The van der Waals surface area contributed by atoms with Gasteiger partial charge in [0.2, 0.25) is 12.7 Å². The summed E-state index contributed by atoms with van der Waals surface area (Å²) in [6, 6.07) is 13.8. The predicted molar refractivity (Wildman–Crippen MR) is 117 cm³/mol. The summed E-state index contributed by atoms with van der Waals surface area (Å²) in [5.41, 5.74) is 1.72. The minimum atomic E-state index is -0.0167. The van der Waals surface area contributed by atoms with Crippen LogP contribution in [0.4, 0.5) is 0 Å². The molecule has 0 atom stereocenters.